The molecule has 0 bridgehead atoms. The molecule has 1 heterocycles. The van der Waals surface area contributed by atoms with E-state index in [0.717, 1.165) is 32.1 Å². The zero-order valence-electron chi connectivity index (χ0n) is 19.8. The van der Waals surface area contributed by atoms with Crippen LogP contribution in [0, 0.1) is 10.1 Å². The number of methoxy groups -OCH3 is 1. The van der Waals surface area contributed by atoms with Crippen molar-refractivity contribution in [2.75, 3.05) is 7.11 Å². The third-order valence-electron chi connectivity index (χ3n) is 6.14. The van der Waals surface area contributed by atoms with Gasteiger partial charge in [0.1, 0.15) is 5.82 Å². The molecule has 0 N–H and O–H groups in total. The molecular formula is C25H25ClN4O6. The van der Waals surface area contributed by atoms with Gasteiger partial charge in [0.05, 0.1) is 34.2 Å². The average molecular weight is 513 g/mol. The number of fused-ring (bicyclic) bond motifs is 1. The molecule has 1 fully saturated rings. The van der Waals surface area contributed by atoms with Gasteiger partial charge in [0.25, 0.3) is 5.56 Å². The minimum Gasteiger partial charge on any atom is -0.471 e. The Labute approximate surface area is 211 Å². The van der Waals surface area contributed by atoms with Gasteiger partial charge in [0, 0.05) is 17.5 Å². The molecular weight excluding hydrogens is 488 g/mol. The highest BCUT2D eigenvalue weighted by Gasteiger charge is 2.26. The molecule has 0 unspecified atom stereocenters. The number of nitro benzene ring substituents is 1. The number of esters is 1. The summed E-state index contributed by atoms with van der Waals surface area (Å²) < 4.78 is 11.3. The quantitative estimate of drug-likeness (QED) is 0.192. The zero-order chi connectivity index (χ0) is 25.8. The summed E-state index contributed by atoms with van der Waals surface area (Å²) >= 11 is 6.29. The Hall–Kier alpha value is -3.79. The number of carbonyl (C=O) groups is 1. The average Bonchev–Trinajstić information content (AvgIpc) is 2.89. The summed E-state index contributed by atoms with van der Waals surface area (Å²) in [6.45, 7) is 1.40. The van der Waals surface area contributed by atoms with E-state index in [4.69, 9.17) is 21.3 Å². The zero-order valence-corrected chi connectivity index (χ0v) is 20.6. The second kappa shape index (κ2) is 10.9. The van der Waals surface area contributed by atoms with Crippen molar-refractivity contribution >= 4 is 40.4 Å². The third-order valence-corrected chi connectivity index (χ3v) is 6.42. The maximum atomic E-state index is 13.3. The van der Waals surface area contributed by atoms with Crippen molar-refractivity contribution in [2.24, 2.45) is 5.10 Å². The Morgan fingerprint density at radius 2 is 2.00 bits per heavy atom. The van der Waals surface area contributed by atoms with Gasteiger partial charge in [-0.1, -0.05) is 43.0 Å². The lowest BCUT2D eigenvalue weighted by atomic mass is 9.88. The van der Waals surface area contributed by atoms with Crippen LogP contribution in [0.5, 0.6) is 5.75 Å². The summed E-state index contributed by atoms with van der Waals surface area (Å²) in [6, 6.07) is 9.72. The van der Waals surface area contributed by atoms with Gasteiger partial charge in [-0.25, -0.2) is 9.78 Å². The maximum absolute atomic E-state index is 13.3. The monoisotopic (exact) mass is 512 g/mol. The van der Waals surface area contributed by atoms with Gasteiger partial charge in [0.15, 0.2) is 6.10 Å². The number of nitro groups is 1. The van der Waals surface area contributed by atoms with Crippen molar-refractivity contribution in [1.29, 1.82) is 0 Å². The number of nitrogens with zero attached hydrogens (tertiary/aromatic N) is 4. The normalized spacial score (nSPS) is 15.2. The number of para-hydroxylation sites is 1. The molecule has 1 aliphatic carbocycles. The van der Waals surface area contributed by atoms with E-state index in [1.165, 1.54) is 37.1 Å². The Morgan fingerprint density at radius 3 is 2.69 bits per heavy atom. The fourth-order valence-corrected chi connectivity index (χ4v) is 4.59. The largest absolute Gasteiger partial charge is 0.471 e. The molecule has 0 spiro atoms. The predicted octanol–water partition coefficient (Wildman–Crippen LogP) is 4.83. The minimum atomic E-state index is -1.11. The van der Waals surface area contributed by atoms with Crippen LogP contribution in [0.3, 0.4) is 0 Å². The van der Waals surface area contributed by atoms with Gasteiger partial charge in [-0.05, 0) is 38.0 Å². The number of hydrogen-bond acceptors (Lipinski definition) is 8. The number of ether oxygens (including phenoxy) is 2. The van der Waals surface area contributed by atoms with Crippen molar-refractivity contribution in [1.82, 2.24) is 9.66 Å². The first-order chi connectivity index (χ1) is 17.3. The second-order valence-corrected chi connectivity index (χ2v) is 8.98. The molecule has 0 amide bonds. The SMILES string of the molecule is COC(=O)[C@H](C)Oc1c(Cl)cc(C=Nn2c(C3CCCCC3)nc3ccccc3c2=O)cc1[N+](=O)[O-]. The van der Waals surface area contributed by atoms with Crippen LogP contribution >= 0.6 is 11.6 Å². The number of rotatable bonds is 7. The standard InChI is InChI=1S/C25H25ClN4O6/c1-15(25(32)35-2)36-22-19(26)12-16(13-21(22)30(33)34)14-27-29-23(17-8-4-3-5-9-17)28-20-11-7-6-10-18(20)24(29)31/h6-7,10-15,17H,3-5,8-9H2,1-2H3/t15-/m0/s1. The van der Waals surface area contributed by atoms with Crippen molar-refractivity contribution in [3.63, 3.8) is 0 Å². The summed E-state index contributed by atoms with van der Waals surface area (Å²) in [5.74, 6) is -0.308. The molecule has 0 radical (unpaired) electrons. The van der Waals surface area contributed by atoms with E-state index >= 15 is 0 Å². The molecule has 1 atom stereocenters. The Bertz CT molecular complexity index is 1400. The molecule has 3 aromatic rings. The van der Waals surface area contributed by atoms with E-state index in [-0.39, 0.29) is 27.8 Å². The van der Waals surface area contributed by atoms with Crippen LogP contribution in [-0.4, -0.2) is 40.0 Å². The molecule has 2 aromatic carbocycles. The Kier molecular flexibility index (Phi) is 7.64. The highest BCUT2D eigenvalue weighted by atomic mass is 35.5. The molecule has 36 heavy (non-hydrogen) atoms. The predicted molar refractivity (Wildman–Crippen MR) is 135 cm³/mol. The summed E-state index contributed by atoms with van der Waals surface area (Å²) in [6.07, 6.45) is 5.27. The van der Waals surface area contributed by atoms with Crippen LogP contribution in [0.4, 0.5) is 5.69 Å². The van der Waals surface area contributed by atoms with Crippen LogP contribution in [0.1, 0.15) is 56.3 Å². The van der Waals surface area contributed by atoms with Crippen molar-refractivity contribution in [3.8, 4) is 5.75 Å². The molecule has 188 valence electrons. The van der Waals surface area contributed by atoms with Gasteiger partial charge >= 0.3 is 11.7 Å². The molecule has 10 nitrogen and oxygen atoms in total. The second-order valence-electron chi connectivity index (χ2n) is 8.57. The van der Waals surface area contributed by atoms with Crippen LogP contribution in [0.15, 0.2) is 46.3 Å². The smallest absolute Gasteiger partial charge is 0.346 e. The van der Waals surface area contributed by atoms with Crippen LogP contribution in [-0.2, 0) is 9.53 Å². The van der Waals surface area contributed by atoms with Crippen molar-refractivity contribution in [3.05, 3.63) is 73.3 Å². The first-order valence-corrected chi connectivity index (χ1v) is 12.0. The van der Waals surface area contributed by atoms with Crippen LogP contribution in [0.25, 0.3) is 10.9 Å². The molecule has 11 heteroatoms. The van der Waals surface area contributed by atoms with Gasteiger partial charge < -0.3 is 9.47 Å². The highest BCUT2D eigenvalue weighted by Crippen LogP contribution is 2.37. The lowest BCUT2D eigenvalue weighted by Crippen LogP contribution is -2.25. The Morgan fingerprint density at radius 1 is 1.28 bits per heavy atom. The summed E-state index contributed by atoms with van der Waals surface area (Å²) in [4.78, 5) is 40.9. The van der Waals surface area contributed by atoms with E-state index in [9.17, 15) is 19.7 Å². The topological polar surface area (TPSA) is 126 Å². The summed E-state index contributed by atoms with van der Waals surface area (Å²) in [5.41, 5.74) is 0.120. The molecule has 0 saturated heterocycles. The summed E-state index contributed by atoms with van der Waals surface area (Å²) in [7, 11) is 1.18. The molecule has 4 rings (SSSR count). The minimum absolute atomic E-state index is 0.0849. The van der Waals surface area contributed by atoms with E-state index < -0.39 is 22.7 Å². The first kappa shape index (κ1) is 25.3. The number of aromatic nitrogens is 2. The third kappa shape index (κ3) is 5.23. The van der Waals surface area contributed by atoms with Crippen LogP contribution < -0.4 is 10.3 Å². The van der Waals surface area contributed by atoms with E-state index in [1.54, 1.807) is 18.2 Å². The number of benzene rings is 2. The van der Waals surface area contributed by atoms with E-state index in [2.05, 4.69) is 9.84 Å². The fourth-order valence-electron chi connectivity index (χ4n) is 4.32. The number of carbonyl (C=O) groups excluding carboxylic acids is 1. The van der Waals surface area contributed by atoms with Crippen molar-refractivity contribution in [2.45, 2.75) is 51.0 Å². The van der Waals surface area contributed by atoms with Gasteiger partial charge in [-0.2, -0.15) is 9.78 Å². The van der Waals surface area contributed by atoms with E-state index in [0.29, 0.717) is 16.7 Å². The number of halogens is 1. The van der Waals surface area contributed by atoms with Crippen LogP contribution in [0.2, 0.25) is 5.02 Å². The molecule has 1 aliphatic rings. The van der Waals surface area contributed by atoms with Crippen molar-refractivity contribution < 1.29 is 19.2 Å². The Balaban J connectivity index is 1.77. The fraction of sp³-hybridized carbons (Fsp3) is 0.360. The lowest BCUT2D eigenvalue weighted by molar-refractivity contribution is -0.386. The van der Waals surface area contributed by atoms with Gasteiger partial charge in [0.2, 0.25) is 5.75 Å². The maximum Gasteiger partial charge on any atom is 0.346 e. The lowest BCUT2D eigenvalue weighted by Gasteiger charge is -2.22. The van der Waals surface area contributed by atoms with Gasteiger partial charge in [-0.3, -0.25) is 14.9 Å². The first-order valence-electron chi connectivity index (χ1n) is 11.6. The molecule has 1 aromatic heterocycles. The van der Waals surface area contributed by atoms with E-state index in [1.807, 2.05) is 6.07 Å². The molecule has 0 aliphatic heterocycles. The van der Waals surface area contributed by atoms with Gasteiger partial charge in [-0.15, -0.1) is 0 Å². The highest BCUT2D eigenvalue weighted by molar-refractivity contribution is 6.32. The molecule has 1 saturated carbocycles. The number of hydrogen-bond donors (Lipinski definition) is 0. The summed E-state index contributed by atoms with van der Waals surface area (Å²) in [5, 5.41) is 16.5.